The molecule has 3 N–H and O–H groups in total. The summed E-state index contributed by atoms with van der Waals surface area (Å²) in [5, 5.41) is 14.5. The van der Waals surface area contributed by atoms with Crippen molar-refractivity contribution in [3.05, 3.63) is 35.4 Å². The van der Waals surface area contributed by atoms with E-state index in [2.05, 4.69) is 10.6 Å². The third kappa shape index (κ3) is 4.57. The van der Waals surface area contributed by atoms with Gasteiger partial charge >= 0.3 is 5.97 Å². The second-order valence-electron chi connectivity index (χ2n) is 7.31. The molecule has 0 saturated heterocycles. The summed E-state index contributed by atoms with van der Waals surface area (Å²) in [6, 6.07) is 6.96. The minimum atomic E-state index is -0.804. The normalized spacial score (nSPS) is 20.0. The highest BCUT2D eigenvalue weighted by Gasteiger charge is 2.35. The van der Waals surface area contributed by atoms with Crippen molar-refractivity contribution in [1.82, 2.24) is 10.6 Å². The van der Waals surface area contributed by atoms with Crippen LogP contribution in [-0.4, -0.2) is 28.9 Å². The molecule has 2 rings (SSSR count). The molecule has 6 nitrogen and oxygen atoms in total. The average Bonchev–Trinajstić information content (AvgIpc) is 2.46. The van der Waals surface area contributed by atoms with Crippen LogP contribution < -0.4 is 10.6 Å². The van der Waals surface area contributed by atoms with Gasteiger partial charge in [-0.3, -0.25) is 14.4 Å². The zero-order valence-corrected chi connectivity index (χ0v) is 14.3. The van der Waals surface area contributed by atoms with Gasteiger partial charge in [-0.1, -0.05) is 32.9 Å². The van der Waals surface area contributed by atoms with Gasteiger partial charge in [-0.25, -0.2) is 0 Å². The first-order valence-corrected chi connectivity index (χ1v) is 8.07. The molecule has 0 aromatic heterocycles. The molecule has 1 fully saturated rings. The minimum absolute atomic E-state index is 0.0257. The molecule has 0 bridgehead atoms. The van der Waals surface area contributed by atoms with Gasteiger partial charge in [-0.15, -0.1) is 0 Å². The summed E-state index contributed by atoms with van der Waals surface area (Å²) in [5.41, 5.74) is 1.01. The summed E-state index contributed by atoms with van der Waals surface area (Å²) in [7, 11) is 0. The van der Waals surface area contributed by atoms with Crippen molar-refractivity contribution in [2.75, 3.05) is 0 Å². The Morgan fingerprint density at radius 3 is 2.21 bits per heavy atom. The molecule has 24 heavy (non-hydrogen) atoms. The lowest BCUT2D eigenvalue weighted by atomic mass is 9.80. The van der Waals surface area contributed by atoms with Crippen LogP contribution in [0, 0.1) is 11.3 Å². The fourth-order valence-corrected chi connectivity index (χ4v) is 2.43. The quantitative estimate of drug-likeness (QED) is 0.768. The number of carbonyl (C=O) groups excluding carboxylic acids is 2. The zero-order valence-electron chi connectivity index (χ0n) is 14.3. The van der Waals surface area contributed by atoms with Crippen LogP contribution in [0.5, 0.6) is 0 Å². The molecule has 0 heterocycles. The van der Waals surface area contributed by atoms with Crippen LogP contribution in [0.3, 0.4) is 0 Å². The summed E-state index contributed by atoms with van der Waals surface area (Å²) in [4.78, 5) is 34.7. The van der Waals surface area contributed by atoms with Gasteiger partial charge < -0.3 is 15.7 Å². The number of rotatable bonds is 5. The number of hydrogen-bond acceptors (Lipinski definition) is 3. The molecule has 1 saturated carbocycles. The third-order valence-electron chi connectivity index (χ3n) is 4.17. The van der Waals surface area contributed by atoms with Gasteiger partial charge in [0.25, 0.3) is 5.91 Å². The van der Waals surface area contributed by atoms with Gasteiger partial charge in [0.15, 0.2) is 0 Å². The van der Waals surface area contributed by atoms with Crippen molar-refractivity contribution in [2.45, 2.75) is 46.2 Å². The van der Waals surface area contributed by atoms with E-state index in [0.717, 1.165) is 5.56 Å². The highest BCUT2D eigenvalue weighted by Crippen LogP contribution is 2.27. The van der Waals surface area contributed by atoms with Gasteiger partial charge in [0.05, 0.1) is 5.92 Å². The second kappa shape index (κ2) is 7.03. The molecule has 0 unspecified atom stereocenters. The lowest BCUT2D eigenvalue weighted by molar-refractivity contribution is -0.145. The molecule has 1 aromatic carbocycles. The minimum Gasteiger partial charge on any atom is -0.481 e. The van der Waals surface area contributed by atoms with Gasteiger partial charge in [-0.05, 0) is 30.5 Å². The van der Waals surface area contributed by atoms with E-state index in [9.17, 15) is 14.4 Å². The Morgan fingerprint density at radius 1 is 1.12 bits per heavy atom. The molecule has 1 aromatic rings. The second-order valence-corrected chi connectivity index (χ2v) is 7.31. The fourth-order valence-electron chi connectivity index (χ4n) is 2.43. The first-order valence-electron chi connectivity index (χ1n) is 8.07. The van der Waals surface area contributed by atoms with Crippen molar-refractivity contribution in [1.29, 1.82) is 0 Å². The smallest absolute Gasteiger partial charge is 0.306 e. The van der Waals surface area contributed by atoms with Crippen LogP contribution in [0.2, 0.25) is 0 Å². The average molecular weight is 332 g/mol. The number of carbonyl (C=O) groups is 3. The van der Waals surface area contributed by atoms with Crippen LogP contribution in [0.25, 0.3) is 0 Å². The predicted octanol–water partition coefficient (Wildman–Crippen LogP) is 1.94. The number of amides is 2. The number of hydrogen-bond donors (Lipinski definition) is 3. The summed E-state index contributed by atoms with van der Waals surface area (Å²) in [5.74, 6) is -1.37. The first kappa shape index (κ1) is 18.0. The van der Waals surface area contributed by atoms with Crippen molar-refractivity contribution in [3.8, 4) is 0 Å². The summed E-state index contributed by atoms with van der Waals surface area (Å²) in [6.45, 7) is 5.97. The standard InChI is InChI=1S/C18H24N2O4/c1-18(2,3)17(24)19-10-11-4-6-12(7-5-11)15(21)20-14-8-13(9-14)16(22)23/h4-7,13-14H,8-10H2,1-3H3,(H,19,24)(H,20,21)(H,22,23). The summed E-state index contributed by atoms with van der Waals surface area (Å²) < 4.78 is 0. The predicted molar refractivity (Wildman–Crippen MR) is 89.4 cm³/mol. The van der Waals surface area contributed by atoms with Crippen molar-refractivity contribution >= 4 is 17.8 Å². The molecule has 130 valence electrons. The van der Waals surface area contributed by atoms with Gasteiger partial charge in [0, 0.05) is 23.6 Å². The maximum Gasteiger partial charge on any atom is 0.306 e. The Hall–Kier alpha value is -2.37. The molecule has 2 amide bonds. The first-order chi connectivity index (χ1) is 11.2. The Kier molecular flexibility index (Phi) is 5.26. The molecule has 0 spiro atoms. The number of carboxylic acids is 1. The van der Waals surface area contributed by atoms with E-state index < -0.39 is 11.4 Å². The largest absolute Gasteiger partial charge is 0.481 e. The van der Waals surface area contributed by atoms with Crippen molar-refractivity contribution in [3.63, 3.8) is 0 Å². The van der Waals surface area contributed by atoms with Crippen molar-refractivity contribution < 1.29 is 19.5 Å². The molecule has 0 aliphatic heterocycles. The fraction of sp³-hybridized carbons (Fsp3) is 0.500. The van der Waals surface area contributed by atoms with Crippen LogP contribution in [0.1, 0.15) is 49.5 Å². The van der Waals surface area contributed by atoms with Gasteiger partial charge in [-0.2, -0.15) is 0 Å². The summed E-state index contributed by atoms with van der Waals surface area (Å²) in [6.07, 6.45) is 0.968. The van der Waals surface area contributed by atoms with E-state index >= 15 is 0 Å². The van der Waals surface area contributed by atoms with E-state index in [4.69, 9.17) is 5.11 Å². The lowest BCUT2D eigenvalue weighted by Crippen LogP contribution is -2.46. The monoisotopic (exact) mass is 332 g/mol. The SMILES string of the molecule is CC(C)(C)C(=O)NCc1ccc(C(=O)NC2CC(C(=O)O)C2)cc1. The Balaban J connectivity index is 1.82. The molecule has 0 radical (unpaired) electrons. The highest BCUT2D eigenvalue weighted by atomic mass is 16.4. The zero-order chi connectivity index (χ0) is 17.9. The Labute approximate surface area is 141 Å². The molecule has 0 atom stereocenters. The maximum atomic E-state index is 12.1. The van der Waals surface area contributed by atoms with Crippen LogP contribution in [0.4, 0.5) is 0 Å². The topological polar surface area (TPSA) is 95.5 Å². The molecular weight excluding hydrogens is 308 g/mol. The Bertz CT molecular complexity index is 625. The van der Waals surface area contributed by atoms with E-state index in [1.54, 1.807) is 24.3 Å². The third-order valence-corrected chi connectivity index (χ3v) is 4.17. The van der Waals surface area contributed by atoms with E-state index in [0.29, 0.717) is 24.9 Å². The maximum absolute atomic E-state index is 12.1. The van der Waals surface area contributed by atoms with Crippen LogP contribution in [-0.2, 0) is 16.1 Å². The number of carboxylic acid groups (broad SMARTS) is 1. The van der Waals surface area contributed by atoms with E-state index in [1.807, 2.05) is 20.8 Å². The van der Waals surface area contributed by atoms with E-state index in [1.165, 1.54) is 0 Å². The molecular formula is C18H24N2O4. The lowest BCUT2D eigenvalue weighted by Gasteiger charge is -2.32. The van der Waals surface area contributed by atoms with Crippen LogP contribution >= 0.6 is 0 Å². The highest BCUT2D eigenvalue weighted by molar-refractivity contribution is 5.94. The van der Waals surface area contributed by atoms with E-state index in [-0.39, 0.29) is 23.8 Å². The van der Waals surface area contributed by atoms with Gasteiger partial charge in [0.2, 0.25) is 5.91 Å². The van der Waals surface area contributed by atoms with Gasteiger partial charge in [0.1, 0.15) is 0 Å². The molecule has 6 heteroatoms. The number of benzene rings is 1. The molecule has 1 aliphatic rings. The van der Waals surface area contributed by atoms with Crippen molar-refractivity contribution in [2.24, 2.45) is 11.3 Å². The summed E-state index contributed by atoms with van der Waals surface area (Å²) >= 11 is 0. The molecule has 1 aliphatic carbocycles. The Morgan fingerprint density at radius 2 is 1.71 bits per heavy atom. The number of aliphatic carboxylic acids is 1. The number of nitrogens with one attached hydrogen (secondary N) is 2. The van der Waals surface area contributed by atoms with Crippen LogP contribution in [0.15, 0.2) is 24.3 Å².